The molecule has 0 bridgehead atoms. The first-order valence-corrected chi connectivity index (χ1v) is 12.5. The number of para-hydroxylation sites is 1. The van der Waals surface area contributed by atoms with Crippen molar-refractivity contribution in [3.05, 3.63) is 113 Å². The highest BCUT2D eigenvalue weighted by molar-refractivity contribution is 7.89. The second-order valence-corrected chi connectivity index (χ2v) is 9.73. The number of carbonyl (C=O) groups is 1. The van der Waals surface area contributed by atoms with Gasteiger partial charge in [-0.3, -0.25) is 4.79 Å². The van der Waals surface area contributed by atoms with Crippen molar-refractivity contribution in [3.8, 4) is 5.69 Å². The van der Waals surface area contributed by atoms with E-state index in [0.29, 0.717) is 13.0 Å². The van der Waals surface area contributed by atoms with Crippen LogP contribution in [0.15, 0.2) is 96.2 Å². The lowest BCUT2D eigenvalue weighted by atomic mass is 10.2. The molecule has 0 aliphatic carbocycles. The molecule has 7 nitrogen and oxygen atoms in total. The molecule has 0 aliphatic rings. The van der Waals surface area contributed by atoms with Crippen molar-refractivity contribution in [2.45, 2.75) is 17.9 Å². The van der Waals surface area contributed by atoms with E-state index in [1.165, 1.54) is 18.2 Å². The summed E-state index contributed by atoms with van der Waals surface area (Å²) in [6, 6.07) is 23.1. The molecule has 0 fully saturated rings. The highest BCUT2D eigenvalue weighted by atomic mass is 35.5. The number of sulfonamides is 1. The van der Waals surface area contributed by atoms with Gasteiger partial charge < -0.3 is 5.32 Å². The average molecular weight is 495 g/mol. The molecule has 9 heteroatoms. The lowest BCUT2D eigenvalue weighted by molar-refractivity contribution is 0.0954. The Balaban J connectivity index is 1.37. The fourth-order valence-corrected chi connectivity index (χ4v) is 4.88. The largest absolute Gasteiger partial charge is 0.352 e. The van der Waals surface area contributed by atoms with Crippen molar-refractivity contribution >= 4 is 27.5 Å². The minimum absolute atomic E-state index is 0.0467. The summed E-state index contributed by atoms with van der Waals surface area (Å²) in [6.45, 7) is 0.489. The number of amides is 1. The molecule has 34 heavy (non-hydrogen) atoms. The second-order valence-electron chi connectivity index (χ2n) is 7.59. The van der Waals surface area contributed by atoms with Crippen molar-refractivity contribution in [1.29, 1.82) is 0 Å². The molecule has 4 rings (SSSR count). The van der Waals surface area contributed by atoms with E-state index in [-0.39, 0.29) is 27.9 Å². The van der Waals surface area contributed by atoms with E-state index in [1.54, 1.807) is 10.9 Å². The van der Waals surface area contributed by atoms with Crippen LogP contribution in [0.2, 0.25) is 5.02 Å². The lowest BCUT2D eigenvalue weighted by Crippen LogP contribution is -2.27. The summed E-state index contributed by atoms with van der Waals surface area (Å²) in [5, 5.41) is 7.21. The third kappa shape index (κ3) is 5.91. The van der Waals surface area contributed by atoms with Gasteiger partial charge in [-0.2, -0.15) is 5.10 Å². The molecule has 0 spiro atoms. The van der Waals surface area contributed by atoms with Crippen molar-refractivity contribution in [1.82, 2.24) is 19.8 Å². The van der Waals surface area contributed by atoms with Gasteiger partial charge in [0.05, 0.1) is 16.9 Å². The maximum atomic E-state index is 12.8. The quantitative estimate of drug-likeness (QED) is 0.368. The van der Waals surface area contributed by atoms with E-state index < -0.39 is 10.0 Å². The predicted octanol–water partition coefficient (Wildman–Crippen LogP) is 3.98. The first-order chi connectivity index (χ1) is 16.4. The predicted molar refractivity (Wildman–Crippen MR) is 132 cm³/mol. The molecule has 1 amide bonds. The van der Waals surface area contributed by atoms with Crippen LogP contribution in [-0.4, -0.2) is 30.7 Å². The van der Waals surface area contributed by atoms with Crippen LogP contribution in [0.5, 0.6) is 0 Å². The molecule has 174 valence electrons. The van der Waals surface area contributed by atoms with E-state index in [4.69, 9.17) is 11.6 Å². The number of halogens is 1. The number of hydrogen-bond donors (Lipinski definition) is 2. The molecule has 0 aliphatic heterocycles. The van der Waals surface area contributed by atoms with Crippen molar-refractivity contribution < 1.29 is 13.2 Å². The Labute approximate surface area is 203 Å². The lowest BCUT2D eigenvalue weighted by Gasteiger charge is -2.11. The summed E-state index contributed by atoms with van der Waals surface area (Å²) in [6.07, 6.45) is 4.24. The van der Waals surface area contributed by atoms with Gasteiger partial charge in [-0.1, -0.05) is 60.1 Å². The summed E-state index contributed by atoms with van der Waals surface area (Å²) >= 11 is 6.14. The highest BCUT2D eigenvalue weighted by Gasteiger charge is 2.20. The number of hydrogen-bond acceptors (Lipinski definition) is 4. The molecule has 0 saturated heterocycles. The molecular formula is C25H23ClN4O3S. The van der Waals surface area contributed by atoms with E-state index in [2.05, 4.69) is 15.1 Å². The zero-order valence-electron chi connectivity index (χ0n) is 18.2. The number of benzene rings is 3. The SMILES string of the molecule is O=C(NCCc1cnn(-c2ccccc2)c1)c1ccc(Cl)c(S(=O)(=O)NCc2ccccc2)c1. The van der Waals surface area contributed by atoms with E-state index in [9.17, 15) is 13.2 Å². The first-order valence-electron chi connectivity index (χ1n) is 10.6. The van der Waals surface area contributed by atoms with Crippen LogP contribution < -0.4 is 10.0 Å². The molecule has 0 atom stereocenters. The Hall–Kier alpha value is -3.46. The highest BCUT2D eigenvalue weighted by Crippen LogP contribution is 2.23. The van der Waals surface area contributed by atoms with Crippen LogP contribution in [0, 0.1) is 0 Å². The summed E-state index contributed by atoms with van der Waals surface area (Å²) in [4.78, 5) is 12.5. The van der Waals surface area contributed by atoms with Gasteiger partial charge in [0.25, 0.3) is 5.91 Å². The maximum Gasteiger partial charge on any atom is 0.251 e. The maximum absolute atomic E-state index is 12.8. The molecular weight excluding hydrogens is 472 g/mol. The fourth-order valence-electron chi connectivity index (χ4n) is 3.34. The zero-order valence-corrected chi connectivity index (χ0v) is 19.8. The molecule has 1 aromatic heterocycles. The van der Waals surface area contributed by atoms with E-state index in [1.807, 2.05) is 66.9 Å². The Morgan fingerprint density at radius 3 is 2.38 bits per heavy atom. The van der Waals surface area contributed by atoms with Crippen LogP contribution in [0.3, 0.4) is 0 Å². The van der Waals surface area contributed by atoms with Gasteiger partial charge in [0.2, 0.25) is 10.0 Å². The zero-order chi connectivity index (χ0) is 24.0. The van der Waals surface area contributed by atoms with Gasteiger partial charge in [-0.05, 0) is 47.9 Å². The minimum atomic E-state index is -3.91. The smallest absolute Gasteiger partial charge is 0.251 e. The van der Waals surface area contributed by atoms with Gasteiger partial charge in [-0.25, -0.2) is 17.8 Å². The number of rotatable bonds is 9. The number of nitrogens with zero attached hydrogens (tertiary/aromatic N) is 2. The van der Waals surface area contributed by atoms with Gasteiger partial charge in [0.1, 0.15) is 4.90 Å². The van der Waals surface area contributed by atoms with Crippen molar-refractivity contribution in [3.63, 3.8) is 0 Å². The van der Waals surface area contributed by atoms with Crippen molar-refractivity contribution in [2.75, 3.05) is 6.54 Å². The molecule has 0 unspecified atom stereocenters. The summed E-state index contributed by atoms with van der Waals surface area (Å²) < 4.78 is 29.9. The van der Waals surface area contributed by atoms with Crippen LogP contribution in [0.25, 0.3) is 5.69 Å². The Bertz CT molecular complexity index is 1370. The first kappa shape index (κ1) is 23.7. The topological polar surface area (TPSA) is 93.1 Å². The Kier molecular flexibility index (Phi) is 7.42. The molecule has 3 aromatic carbocycles. The van der Waals surface area contributed by atoms with Crippen LogP contribution in [0.4, 0.5) is 0 Å². The number of carbonyl (C=O) groups excluding carboxylic acids is 1. The summed E-state index contributed by atoms with van der Waals surface area (Å²) in [5.74, 6) is -0.383. The van der Waals surface area contributed by atoms with Crippen LogP contribution >= 0.6 is 11.6 Å². The molecule has 2 N–H and O–H groups in total. The molecule has 1 heterocycles. The number of aromatic nitrogens is 2. The van der Waals surface area contributed by atoms with Crippen molar-refractivity contribution in [2.24, 2.45) is 0 Å². The average Bonchev–Trinajstić information content (AvgIpc) is 3.33. The Morgan fingerprint density at radius 1 is 0.941 bits per heavy atom. The van der Waals surface area contributed by atoms with E-state index in [0.717, 1.165) is 16.8 Å². The van der Waals surface area contributed by atoms with Gasteiger partial charge in [0.15, 0.2) is 0 Å². The summed E-state index contributed by atoms with van der Waals surface area (Å²) in [7, 11) is -3.91. The van der Waals surface area contributed by atoms with E-state index >= 15 is 0 Å². The molecule has 0 radical (unpaired) electrons. The second kappa shape index (κ2) is 10.6. The van der Waals surface area contributed by atoms with Crippen LogP contribution in [-0.2, 0) is 23.0 Å². The van der Waals surface area contributed by atoms with Crippen LogP contribution in [0.1, 0.15) is 21.5 Å². The van der Waals surface area contributed by atoms with Gasteiger partial charge >= 0.3 is 0 Å². The monoisotopic (exact) mass is 494 g/mol. The fraction of sp³-hybridized carbons (Fsp3) is 0.120. The summed E-state index contributed by atoms with van der Waals surface area (Å²) in [5.41, 5.74) is 2.94. The third-order valence-electron chi connectivity index (χ3n) is 5.15. The standard InChI is InChI=1S/C25H23ClN4O3S/c26-23-12-11-21(15-24(23)34(32,33)29-17-19-7-3-1-4-8-19)25(31)27-14-13-20-16-28-30(18-20)22-9-5-2-6-10-22/h1-12,15-16,18,29H,13-14,17H2,(H,27,31). The number of nitrogens with one attached hydrogen (secondary N) is 2. The Morgan fingerprint density at radius 2 is 1.65 bits per heavy atom. The van der Waals surface area contributed by atoms with Gasteiger partial charge in [-0.15, -0.1) is 0 Å². The van der Waals surface area contributed by atoms with Gasteiger partial charge in [0, 0.05) is 24.8 Å². The minimum Gasteiger partial charge on any atom is -0.352 e. The molecule has 0 saturated carbocycles. The normalized spacial score (nSPS) is 11.3. The third-order valence-corrected chi connectivity index (χ3v) is 7.03. The molecule has 4 aromatic rings.